The van der Waals surface area contributed by atoms with Crippen LogP contribution in [0.15, 0.2) is 97.2 Å². The lowest BCUT2D eigenvalue weighted by atomic mass is 10.1. The summed E-state index contributed by atoms with van der Waals surface area (Å²) in [7, 11) is 0. The topological polar surface area (TPSA) is 78.9 Å². The molecule has 6 nitrogen and oxygen atoms in total. The number of hydrogen-bond donors (Lipinski definition) is 0. The lowest BCUT2D eigenvalue weighted by molar-refractivity contribution is -0.167. The SMILES string of the molecule is CC/C=C\C/C=C\C/C=C\C/C=C\C/C=C\C/C=C\CCCCCCC(=O)OCC(COC(=O)CCCCCCCCCCCCC)OC(=O)CCCCCCC/C=C\C/C=C\CCC. The predicted molar refractivity (Wildman–Crippen MR) is 279 cm³/mol. The lowest BCUT2D eigenvalue weighted by Crippen LogP contribution is -2.30. The van der Waals surface area contributed by atoms with Gasteiger partial charge in [-0.1, -0.05) is 221 Å². The van der Waals surface area contributed by atoms with Crippen LogP contribution in [0.25, 0.3) is 0 Å². The van der Waals surface area contributed by atoms with Crippen molar-refractivity contribution < 1.29 is 28.6 Å². The van der Waals surface area contributed by atoms with Crippen LogP contribution in [0.2, 0.25) is 0 Å². The van der Waals surface area contributed by atoms with E-state index in [0.29, 0.717) is 19.3 Å². The summed E-state index contributed by atoms with van der Waals surface area (Å²) in [5.41, 5.74) is 0. The summed E-state index contributed by atoms with van der Waals surface area (Å²) in [4.78, 5) is 38.0. The monoisotopic (exact) mass is 903 g/mol. The Labute approximate surface area is 400 Å². The summed E-state index contributed by atoms with van der Waals surface area (Å²) in [5, 5.41) is 0. The van der Waals surface area contributed by atoms with E-state index in [9.17, 15) is 14.4 Å². The number of allylic oxidation sites excluding steroid dienone is 16. The summed E-state index contributed by atoms with van der Waals surface area (Å²) in [5.74, 6) is -0.934. The first-order valence-corrected chi connectivity index (χ1v) is 26.7. The highest BCUT2D eigenvalue weighted by Crippen LogP contribution is 2.14. The van der Waals surface area contributed by atoms with Crippen LogP contribution in [0.4, 0.5) is 0 Å². The summed E-state index contributed by atoms with van der Waals surface area (Å²) in [6.45, 7) is 6.41. The predicted octanol–water partition coefficient (Wildman–Crippen LogP) is 17.8. The highest BCUT2D eigenvalue weighted by molar-refractivity contribution is 5.71. The van der Waals surface area contributed by atoms with Crippen molar-refractivity contribution in [1.29, 1.82) is 0 Å². The van der Waals surface area contributed by atoms with Crippen LogP contribution >= 0.6 is 0 Å². The first kappa shape index (κ1) is 61.3. The van der Waals surface area contributed by atoms with Gasteiger partial charge in [0.25, 0.3) is 0 Å². The number of carbonyl (C=O) groups excluding carboxylic acids is 3. The minimum Gasteiger partial charge on any atom is -0.462 e. The fraction of sp³-hybridized carbons (Fsp3) is 0.678. The fourth-order valence-electron chi connectivity index (χ4n) is 7.07. The summed E-state index contributed by atoms with van der Waals surface area (Å²) >= 11 is 0. The molecule has 1 atom stereocenters. The third-order valence-electron chi connectivity index (χ3n) is 11.1. The Morgan fingerprint density at radius 2 is 0.631 bits per heavy atom. The molecule has 0 aromatic heterocycles. The molecule has 0 amide bonds. The molecule has 0 N–H and O–H groups in total. The second-order valence-corrected chi connectivity index (χ2v) is 17.4. The van der Waals surface area contributed by atoms with Crippen molar-refractivity contribution in [2.75, 3.05) is 13.2 Å². The molecular formula is C59H98O6. The molecule has 0 fully saturated rings. The van der Waals surface area contributed by atoms with Gasteiger partial charge in [0.05, 0.1) is 0 Å². The van der Waals surface area contributed by atoms with Crippen LogP contribution in [-0.2, 0) is 28.6 Å². The molecule has 0 heterocycles. The van der Waals surface area contributed by atoms with E-state index in [2.05, 4.69) is 118 Å². The number of carbonyl (C=O) groups is 3. The highest BCUT2D eigenvalue weighted by atomic mass is 16.6. The van der Waals surface area contributed by atoms with Gasteiger partial charge in [-0.2, -0.15) is 0 Å². The van der Waals surface area contributed by atoms with E-state index in [1.54, 1.807) is 0 Å². The molecule has 6 heteroatoms. The van der Waals surface area contributed by atoms with Gasteiger partial charge in [-0.15, -0.1) is 0 Å². The van der Waals surface area contributed by atoms with Crippen molar-refractivity contribution in [3.63, 3.8) is 0 Å². The second kappa shape index (κ2) is 52.9. The van der Waals surface area contributed by atoms with E-state index < -0.39 is 6.10 Å². The first-order valence-electron chi connectivity index (χ1n) is 26.7. The van der Waals surface area contributed by atoms with Gasteiger partial charge in [-0.25, -0.2) is 0 Å². The highest BCUT2D eigenvalue weighted by Gasteiger charge is 2.19. The van der Waals surface area contributed by atoms with Crippen molar-refractivity contribution in [2.24, 2.45) is 0 Å². The summed E-state index contributed by atoms with van der Waals surface area (Å²) in [6, 6.07) is 0. The fourth-order valence-corrected chi connectivity index (χ4v) is 7.07. The molecule has 0 radical (unpaired) electrons. The van der Waals surface area contributed by atoms with Crippen LogP contribution in [0.1, 0.15) is 239 Å². The van der Waals surface area contributed by atoms with Crippen molar-refractivity contribution in [2.45, 2.75) is 245 Å². The maximum atomic E-state index is 12.8. The van der Waals surface area contributed by atoms with Gasteiger partial charge in [0.15, 0.2) is 6.10 Å². The van der Waals surface area contributed by atoms with Gasteiger partial charge in [-0.3, -0.25) is 14.4 Å². The quantitative estimate of drug-likeness (QED) is 0.0262. The van der Waals surface area contributed by atoms with Crippen LogP contribution in [0, 0.1) is 0 Å². The normalized spacial score (nSPS) is 12.8. The molecule has 0 saturated carbocycles. The Morgan fingerprint density at radius 3 is 1.00 bits per heavy atom. The van der Waals surface area contributed by atoms with Crippen LogP contribution < -0.4 is 0 Å². The molecule has 0 aliphatic rings. The summed E-state index contributed by atoms with van der Waals surface area (Å²) in [6.07, 6.45) is 69.6. The summed E-state index contributed by atoms with van der Waals surface area (Å²) < 4.78 is 16.8. The Morgan fingerprint density at radius 1 is 0.323 bits per heavy atom. The zero-order chi connectivity index (χ0) is 47.2. The average molecular weight is 903 g/mol. The maximum absolute atomic E-state index is 12.8. The molecule has 0 bridgehead atoms. The largest absolute Gasteiger partial charge is 0.462 e. The number of esters is 3. The Kier molecular flexibility index (Phi) is 50.0. The van der Waals surface area contributed by atoms with E-state index in [0.717, 1.165) is 141 Å². The second-order valence-electron chi connectivity index (χ2n) is 17.4. The average Bonchev–Trinajstić information content (AvgIpc) is 3.30. The molecule has 0 aromatic carbocycles. The van der Waals surface area contributed by atoms with E-state index in [4.69, 9.17) is 14.2 Å². The minimum atomic E-state index is -0.794. The van der Waals surface area contributed by atoms with E-state index >= 15 is 0 Å². The van der Waals surface area contributed by atoms with Gasteiger partial charge < -0.3 is 14.2 Å². The molecule has 0 aliphatic carbocycles. The molecule has 0 rings (SSSR count). The van der Waals surface area contributed by atoms with Crippen molar-refractivity contribution >= 4 is 17.9 Å². The molecule has 0 saturated heterocycles. The van der Waals surface area contributed by atoms with Crippen molar-refractivity contribution in [1.82, 2.24) is 0 Å². The number of hydrogen-bond acceptors (Lipinski definition) is 6. The molecular weight excluding hydrogens is 805 g/mol. The van der Waals surface area contributed by atoms with Crippen LogP contribution in [0.5, 0.6) is 0 Å². The number of unbranched alkanes of at least 4 members (excludes halogenated alkanes) is 20. The molecule has 0 spiro atoms. The van der Waals surface area contributed by atoms with Crippen molar-refractivity contribution in [3.8, 4) is 0 Å². The zero-order valence-corrected chi connectivity index (χ0v) is 42.2. The molecule has 370 valence electrons. The number of rotatable bonds is 47. The molecule has 0 aliphatic heterocycles. The Bertz CT molecular complexity index is 1310. The zero-order valence-electron chi connectivity index (χ0n) is 42.2. The maximum Gasteiger partial charge on any atom is 0.306 e. The standard InChI is InChI=1S/C59H98O6/c1-4-7-10-13-16-19-22-24-25-26-27-28-29-30-31-32-33-35-37-40-43-46-49-52-58(61)64-55-56(54-63-57(60)51-48-45-42-39-36-21-18-15-12-9-6-3)65-59(62)53-50-47-44-41-38-34-23-20-17-14-11-8-5-2/h7,10-11,14,16,19-20,23-25,27-28,30-31,33,35,56H,4-6,8-9,12-13,15,17-18,21-22,26,29,32,34,36-55H2,1-3H3/b10-7-,14-11-,19-16-,23-20-,25-24-,28-27-,31-30-,35-33-. The van der Waals surface area contributed by atoms with Gasteiger partial charge >= 0.3 is 17.9 Å². The van der Waals surface area contributed by atoms with E-state index in [1.807, 2.05) is 0 Å². The minimum absolute atomic E-state index is 0.0909. The third-order valence-corrected chi connectivity index (χ3v) is 11.1. The lowest BCUT2D eigenvalue weighted by Gasteiger charge is -2.18. The number of ether oxygens (including phenoxy) is 3. The van der Waals surface area contributed by atoms with E-state index in [1.165, 1.54) is 57.8 Å². The molecule has 0 aromatic rings. The molecule has 1 unspecified atom stereocenters. The smallest absolute Gasteiger partial charge is 0.306 e. The van der Waals surface area contributed by atoms with Crippen LogP contribution in [0.3, 0.4) is 0 Å². The van der Waals surface area contributed by atoms with Gasteiger partial charge in [-0.05, 0) is 96.3 Å². The Hall–Kier alpha value is -3.67. The first-order chi connectivity index (χ1) is 32.0. The van der Waals surface area contributed by atoms with Gasteiger partial charge in [0.1, 0.15) is 13.2 Å². The van der Waals surface area contributed by atoms with Crippen molar-refractivity contribution in [3.05, 3.63) is 97.2 Å². The Balaban J connectivity index is 4.39. The van der Waals surface area contributed by atoms with E-state index in [-0.39, 0.29) is 31.1 Å². The van der Waals surface area contributed by atoms with Crippen LogP contribution in [-0.4, -0.2) is 37.2 Å². The third kappa shape index (κ3) is 51.2. The molecule has 65 heavy (non-hydrogen) atoms. The van der Waals surface area contributed by atoms with Gasteiger partial charge in [0, 0.05) is 19.3 Å². The van der Waals surface area contributed by atoms with Gasteiger partial charge in [0.2, 0.25) is 0 Å².